The van der Waals surface area contributed by atoms with E-state index in [-0.39, 0.29) is 0 Å². The van der Waals surface area contributed by atoms with Crippen LogP contribution in [-0.4, -0.2) is 17.5 Å². The lowest BCUT2D eigenvalue weighted by molar-refractivity contribution is -0.137. The summed E-state index contributed by atoms with van der Waals surface area (Å²) in [6.07, 6.45) is 1.55. The fourth-order valence-electron chi connectivity index (χ4n) is 1.23. The van der Waals surface area contributed by atoms with E-state index in [2.05, 4.69) is 10.5 Å². The van der Waals surface area contributed by atoms with E-state index < -0.39 is 11.8 Å². The predicted octanol–water partition coefficient (Wildman–Crippen LogP) is 0.597. The molecular weight excluding hydrogens is 218 g/mol. The number of aryl methyl sites for hydroxylation is 1. The van der Waals surface area contributed by atoms with Crippen molar-refractivity contribution in [2.24, 2.45) is 10.8 Å². The summed E-state index contributed by atoms with van der Waals surface area (Å²) < 4.78 is 0. The minimum atomic E-state index is -1.04. The van der Waals surface area contributed by atoms with Crippen molar-refractivity contribution in [2.75, 3.05) is 0 Å². The Bertz CT molecular complexity index is 427. The van der Waals surface area contributed by atoms with Gasteiger partial charge in [0.15, 0.2) is 0 Å². The third-order valence-corrected chi connectivity index (χ3v) is 2.19. The molecule has 2 amide bonds. The van der Waals surface area contributed by atoms with Gasteiger partial charge in [0.2, 0.25) is 0 Å². The number of nitrogens with two attached hydrogens (primary N) is 1. The van der Waals surface area contributed by atoms with Crippen LogP contribution in [0.5, 0.6) is 0 Å². The first-order valence-electron chi connectivity index (χ1n) is 5.26. The van der Waals surface area contributed by atoms with Gasteiger partial charge in [0.1, 0.15) is 0 Å². The molecule has 0 aliphatic carbocycles. The predicted molar refractivity (Wildman–Crippen MR) is 65.2 cm³/mol. The number of nitrogens with one attached hydrogen (secondary N) is 1. The average molecular weight is 233 g/mol. The molecule has 0 unspecified atom stereocenters. The maximum atomic E-state index is 10.8. The van der Waals surface area contributed by atoms with Crippen molar-refractivity contribution in [1.29, 1.82) is 0 Å². The first kappa shape index (κ1) is 12.9. The van der Waals surface area contributed by atoms with Crippen LogP contribution in [0.1, 0.15) is 18.9 Å². The molecular formula is C12H15N3O2. The van der Waals surface area contributed by atoms with E-state index in [4.69, 9.17) is 5.73 Å². The van der Waals surface area contributed by atoms with E-state index in [1.165, 1.54) is 5.56 Å². The highest BCUT2D eigenvalue weighted by atomic mass is 16.2. The minimum Gasteiger partial charge on any atom is -0.361 e. The molecule has 0 bridgehead atoms. The second-order valence-corrected chi connectivity index (χ2v) is 3.64. The van der Waals surface area contributed by atoms with Crippen molar-refractivity contribution < 1.29 is 9.59 Å². The number of rotatable bonds is 4. The Balaban J connectivity index is 2.39. The van der Waals surface area contributed by atoms with Crippen LogP contribution in [0.2, 0.25) is 0 Å². The van der Waals surface area contributed by atoms with Crippen LogP contribution in [0.25, 0.3) is 0 Å². The fourth-order valence-corrected chi connectivity index (χ4v) is 1.23. The van der Waals surface area contributed by atoms with Gasteiger partial charge >= 0.3 is 11.8 Å². The van der Waals surface area contributed by atoms with Crippen LogP contribution in [0, 0.1) is 0 Å². The Labute approximate surface area is 99.7 Å². The molecule has 0 radical (unpaired) electrons. The third kappa shape index (κ3) is 4.92. The zero-order valence-electron chi connectivity index (χ0n) is 9.64. The lowest BCUT2D eigenvalue weighted by Crippen LogP contribution is -2.33. The Morgan fingerprint density at radius 1 is 1.29 bits per heavy atom. The summed E-state index contributed by atoms with van der Waals surface area (Å²) in [5, 5.41) is 3.78. The van der Waals surface area contributed by atoms with Crippen molar-refractivity contribution in [3.63, 3.8) is 0 Å². The molecule has 1 rings (SSSR count). The SMILES string of the molecule is C/C(CCc1ccccc1)=N/NC(=O)C(N)=O. The smallest absolute Gasteiger partial charge is 0.329 e. The molecule has 0 fully saturated rings. The van der Waals surface area contributed by atoms with Crippen molar-refractivity contribution in [2.45, 2.75) is 19.8 Å². The van der Waals surface area contributed by atoms with E-state index in [0.29, 0.717) is 6.42 Å². The second-order valence-electron chi connectivity index (χ2n) is 3.64. The summed E-state index contributed by atoms with van der Waals surface area (Å²) in [6.45, 7) is 1.78. The molecule has 0 aromatic heterocycles. The van der Waals surface area contributed by atoms with Crippen molar-refractivity contribution in [1.82, 2.24) is 5.43 Å². The molecule has 1 aromatic carbocycles. The molecule has 0 aliphatic heterocycles. The normalized spacial score (nSPS) is 11.0. The second kappa shape index (κ2) is 6.42. The van der Waals surface area contributed by atoms with Gasteiger partial charge in [-0.2, -0.15) is 5.10 Å². The molecule has 0 heterocycles. The lowest BCUT2D eigenvalue weighted by atomic mass is 10.1. The molecule has 0 saturated heterocycles. The standard InChI is InChI=1S/C12H15N3O2/c1-9(14-15-12(17)11(13)16)7-8-10-5-3-2-4-6-10/h2-6H,7-8H2,1H3,(H2,13,16)(H,15,17)/b14-9-. The summed E-state index contributed by atoms with van der Waals surface area (Å²) in [7, 11) is 0. The monoisotopic (exact) mass is 233 g/mol. The molecule has 17 heavy (non-hydrogen) atoms. The molecule has 90 valence electrons. The maximum Gasteiger partial charge on any atom is 0.329 e. The summed E-state index contributed by atoms with van der Waals surface area (Å²) in [4.78, 5) is 21.3. The topological polar surface area (TPSA) is 84.6 Å². The van der Waals surface area contributed by atoms with Crippen molar-refractivity contribution in [3.8, 4) is 0 Å². The zero-order chi connectivity index (χ0) is 12.7. The number of hydrogen-bond acceptors (Lipinski definition) is 3. The van der Waals surface area contributed by atoms with Crippen LogP contribution in [-0.2, 0) is 16.0 Å². The highest BCUT2D eigenvalue weighted by Gasteiger charge is 2.06. The van der Waals surface area contributed by atoms with Gasteiger partial charge < -0.3 is 5.73 Å². The quantitative estimate of drug-likeness (QED) is 0.453. The van der Waals surface area contributed by atoms with Gasteiger partial charge in [-0.15, -0.1) is 0 Å². The van der Waals surface area contributed by atoms with Gasteiger partial charge in [-0.25, -0.2) is 5.43 Å². The fraction of sp³-hybridized carbons (Fsp3) is 0.250. The highest BCUT2D eigenvalue weighted by molar-refractivity contribution is 6.34. The van der Waals surface area contributed by atoms with E-state index in [1.807, 2.05) is 30.3 Å². The number of nitrogens with zero attached hydrogens (tertiary/aromatic N) is 1. The van der Waals surface area contributed by atoms with Crippen LogP contribution in [0.15, 0.2) is 35.4 Å². The molecule has 0 spiro atoms. The van der Waals surface area contributed by atoms with Gasteiger partial charge in [0.05, 0.1) is 0 Å². The number of hydrazone groups is 1. The molecule has 0 aliphatic rings. The molecule has 0 saturated carbocycles. The molecule has 3 N–H and O–H groups in total. The van der Waals surface area contributed by atoms with Gasteiger partial charge in [-0.05, 0) is 25.3 Å². The van der Waals surface area contributed by atoms with Gasteiger partial charge in [-0.1, -0.05) is 30.3 Å². The van der Waals surface area contributed by atoms with Crippen molar-refractivity contribution >= 4 is 17.5 Å². The largest absolute Gasteiger partial charge is 0.361 e. The number of amides is 2. The summed E-state index contributed by atoms with van der Waals surface area (Å²) >= 11 is 0. The maximum absolute atomic E-state index is 10.8. The van der Waals surface area contributed by atoms with Crippen LogP contribution >= 0.6 is 0 Å². The first-order valence-corrected chi connectivity index (χ1v) is 5.26. The Morgan fingerprint density at radius 3 is 2.53 bits per heavy atom. The number of benzene rings is 1. The van der Waals surface area contributed by atoms with Crippen molar-refractivity contribution in [3.05, 3.63) is 35.9 Å². The Hall–Kier alpha value is -2.17. The van der Waals surface area contributed by atoms with Crippen LogP contribution in [0.3, 0.4) is 0 Å². The lowest BCUT2D eigenvalue weighted by Gasteiger charge is -2.01. The third-order valence-electron chi connectivity index (χ3n) is 2.19. The first-order chi connectivity index (χ1) is 8.09. The van der Waals surface area contributed by atoms with Gasteiger partial charge in [0.25, 0.3) is 0 Å². The highest BCUT2D eigenvalue weighted by Crippen LogP contribution is 2.02. The van der Waals surface area contributed by atoms with E-state index in [0.717, 1.165) is 12.1 Å². The molecule has 0 atom stereocenters. The van der Waals surface area contributed by atoms with E-state index in [1.54, 1.807) is 6.92 Å². The molecule has 1 aromatic rings. The van der Waals surface area contributed by atoms with E-state index in [9.17, 15) is 9.59 Å². The molecule has 5 heteroatoms. The summed E-state index contributed by atoms with van der Waals surface area (Å²) in [5.41, 5.74) is 8.80. The number of primary amides is 1. The Kier molecular flexibility index (Phi) is 4.87. The number of hydrogen-bond donors (Lipinski definition) is 2. The summed E-state index contributed by atoms with van der Waals surface area (Å²) in [6, 6.07) is 9.94. The van der Waals surface area contributed by atoms with Gasteiger partial charge in [-0.3, -0.25) is 9.59 Å². The summed E-state index contributed by atoms with van der Waals surface area (Å²) in [5.74, 6) is -1.94. The average Bonchev–Trinajstić information content (AvgIpc) is 2.34. The number of carbonyl (C=O) groups is 2. The van der Waals surface area contributed by atoms with Crippen LogP contribution < -0.4 is 11.2 Å². The van der Waals surface area contributed by atoms with E-state index >= 15 is 0 Å². The Morgan fingerprint density at radius 2 is 1.94 bits per heavy atom. The van der Waals surface area contributed by atoms with Crippen LogP contribution in [0.4, 0.5) is 0 Å². The molecule has 5 nitrogen and oxygen atoms in total. The number of carbonyl (C=O) groups excluding carboxylic acids is 2. The minimum absolute atomic E-state index is 0.711. The van der Waals surface area contributed by atoms with Gasteiger partial charge in [0, 0.05) is 5.71 Å². The zero-order valence-corrected chi connectivity index (χ0v) is 9.64.